The van der Waals surface area contributed by atoms with E-state index in [1.54, 1.807) is 6.08 Å². The Morgan fingerprint density at radius 2 is 1.63 bits per heavy atom. The Kier molecular flexibility index (Phi) is 6.43. The minimum Gasteiger partial charge on any atom is -0.436 e. The smallest absolute Gasteiger partial charge is 0.255 e. The summed E-state index contributed by atoms with van der Waals surface area (Å²) in [5.41, 5.74) is 1.25. The Morgan fingerprint density at radius 1 is 1.00 bits per heavy atom. The highest BCUT2D eigenvalue weighted by Crippen LogP contribution is 2.38. The van der Waals surface area contributed by atoms with Crippen molar-refractivity contribution >= 4 is 58.0 Å². The standard InChI is InChI=1S/C21H21Cl2N3O4/c1-10(2)13-7-18(24-9-17(13)28)30-21-14(22)5-12(6-15(21)23)26-19(29)8-16(27)20(25-26)11(3)4/h5-7,10-11H,8-9H2,1-4H3. The third-order valence-corrected chi connectivity index (χ3v) is 5.19. The summed E-state index contributed by atoms with van der Waals surface area (Å²) in [6.07, 6.45) is 1.31. The highest BCUT2D eigenvalue weighted by molar-refractivity contribution is 6.45. The van der Waals surface area contributed by atoms with Crippen molar-refractivity contribution < 1.29 is 19.1 Å². The van der Waals surface area contributed by atoms with Crippen LogP contribution in [0.1, 0.15) is 34.1 Å². The first-order chi connectivity index (χ1) is 14.1. The molecule has 0 fully saturated rings. The summed E-state index contributed by atoms with van der Waals surface area (Å²) in [6.45, 7) is 7.48. The van der Waals surface area contributed by atoms with Crippen LogP contribution in [0.25, 0.3) is 0 Å². The molecule has 0 radical (unpaired) electrons. The molecule has 1 aromatic carbocycles. The van der Waals surface area contributed by atoms with Gasteiger partial charge in [-0.15, -0.1) is 0 Å². The molecule has 9 heteroatoms. The molecule has 1 amide bonds. The van der Waals surface area contributed by atoms with Crippen molar-refractivity contribution in [3.8, 4) is 5.75 Å². The van der Waals surface area contributed by atoms with E-state index in [2.05, 4.69) is 10.1 Å². The van der Waals surface area contributed by atoms with Gasteiger partial charge < -0.3 is 4.74 Å². The molecule has 1 aromatic rings. The van der Waals surface area contributed by atoms with Crippen LogP contribution >= 0.6 is 23.2 Å². The molecular formula is C21H21Cl2N3O4. The minimum atomic E-state index is -0.468. The van der Waals surface area contributed by atoms with Gasteiger partial charge in [-0.25, -0.2) is 4.99 Å². The van der Waals surface area contributed by atoms with Crippen LogP contribution in [0.5, 0.6) is 5.75 Å². The lowest BCUT2D eigenvalue weighted by Crippen LogP contribution is -2.39. The lowest BCUT2D eigenvalue weighted by Gasteiger charge is -2.25. The fraction of sp³-hybridized carbons (Fsp3) is 0.381. The number of rotatable bonds is 4. The quantitative estimate of drug-likeness (QED) is 0.642. The fourth-order valence-corrected chi connectivity index (χ4v) is 3.64. The Hall–Kier alpha value is -2.51. The number of nitrogens with zero attached hydrogens (tertiary/aromatic N) is 3. The predicted molar refractivity (Wildman–Crippen MR) is 117 cm³/mol. The van der Waals surface area contributed by atoms with E-state index in [-0.39, 0.29) is 58.1 Å². The Balaban J connectivity index is 1.92. The van der Waals surface area contributed by atoms with Crippen molar-refractivity contribution in [3.05, 3.63) is 33.8 Å². The molecule has 30 heavy (non-hydrogen) atoms. The summed E-state index contributed by atoms with van der Waals surface area (Å²) in [5, 5.41) is 5.61. The van der Waals surface area contributed by atoms with Crippen molar-refractivity contribution in [1.29, 1.82) is 0 Å². The van der Waals surface area contributed by atoms with Gasteiger partial charge in [-0.05, 0) is 18.1 Å². The zero-order valence-corrected chi connectivity index (χ0v) is 18.5. The van der Waals surface area contributed by atoms with Crippen LogP contribution in [0.4, 0.5) is 5.69 Å². The van der Waals surface area contributed by atoms with Gasteiger partial charge in [0.2, 0.25) is 5.90 Å². The molecule has 0 unspecified atom stereocenters. The first-order valence-corrected chi connectivity index (χ1v) is 10.2. The van der Waals surface area contributed by atoms with Crippen LogP contribution in [-0.4, -0.2) is 35.6 Å². The highest BCUT2D eigenvalue weighted by Gasteiger charge is 2.31. The maximum atomic E-state index is 12.4. The molecule has 0 aliphatic carbocycles. The maximum Gasteiger partial charge on any atom is 0.255 e. The van der Waals surface area contributed by atoms with Crippen LogP contribution in [-0.2, 0) is 14.4 Å². The van der Waals surface area contributed by atoms with Crippen LogP contribution in [0.15, 0.2) is 33.9 Å². The molecule has 0 saturated carbocycles. The van der Waals surface area contributed by atoms with Gasteiger partial charge in [-0.3, -0.25) is 14.4 Å². The molecule has 3 rings (SSSR count). The van der Waals surface area contributed by atoms with Crippen molar-refractivity contribution in [2.45, 2.75) is 34.1 Å². The second kappa shape index (κ2) is 8.70. The molecule has 2 aliphatic heterocycles. The van der Waals surface area contributed by atoms with Crippen molar-refractivity contribution in [1.82, 2.24) is 0 Å². The average Bonchev–Trinajstić information content (AvgIpc) is 2.65. The van der Waals surface area contributed by atoms with Crippen LogP contribution < -0.4 is 9.75 Å². The highest BCUT2D eigenvalue weighted by atomic mass is 35.5. The van der Waals surface area contributed by atoms with Gasteiger partial charge in [0.25, 0.3) is 5.91 Å². The van der Waals surface area contributed by atoms with E-state index >= 15 is 0 Å². The van der Waals surface area contributed by atoms with Crippen LogP contribution in [0.2, 0.25) is 10.0 Å². The van der Waals surface area contributed by atoms with Gasteiger partial charge >= 0.3 is 0 Å². The zero-order valence-electron chi connectivity index (χ0n) is 17.0. The lowest BCUT2D eigenvalue weighted by molar-refractivity contribution is -0.124. The molecule has 0 bridgehead atoms. The number of aliphatic imine (C=N–C) groups is 1. The number of anilines is 1. The molecule has 2 heterocycles. The number of carbonyl (C=O) groups excluding carboxylic acids is 3. The summed E-state index contributed by atoms with van der Waals surface area (Å²) in [5.74, 6) is -0.526. The summed E-state index contributed by atoms with van der Waals surface area (Å²) in [6, 6.07) is 2.97. The third kappa shape index (κ3) is 4.47. The molecule has 158 valence electrons. The molecule has 0 atom stereocenters. The van der Waals surface area contributed by atoms with Gasteiger partial charge in [0, 0.05) is 17.6 Å². The van der Waals surface area contributed by atoms with Crippen LogP contribution in [0.3, 0.4) is 0 Å². The lowest BCUT2D eigenvalue weighted by atomic mass is 9.97. The van der Waals surface area contributed by atoms with Gasteiger partial charge in [-0.1, -0.05) is 50.9 Å². The number of dihydropyridines is 1. The topological polar surface area (TPSA) is 88.4 Å². The first-order valence-electron chi connectivity index (χ1n) is 9.49. The number of benzene rings is 1. The second-order valence-corrected chi connectivity index (χ2v) is 8.43. The number of hydrogen-bond acceptors (Lipinski definition) is 6. The number of ether oxygens (including phenoxy) is 1. The summed E-state index contributed by atoms with van der Waals surface area (Å²) in [4.78, 5) is 40.5. The maximum absolute atomic E-state index is 12.4. The molecular weight excluding hydrogens is 429 g/mol. The number of hydrogen-bond donors (Lipinski definition) is 0. The molecule has 7 nitrogen and oxygen atoms in total. The van der Waals surface area contributed by atoms with E-state index in [1.165, 1.54) is 12.1 Å². The minimum absolute atomic E-state index is 0.00430. The Labute approximate surface area is 184 Å². The summed E-state index contributed by atoms with van der Waals surface area (Å²) in [7, 11) is 0. The second-order valence-electron chi connectivity index (χ2n) is 7.62. The number of amides is 1. The summed E-state index contributed by atoms with van der Waals surface area (Å²) < 4.78 is 5.76. The van der Waals surface area contributed by atoms with Gasteiger partial charge in [0.15, 0.2) is 17.3 Å². The van der Waals surface area contributed by atoms with Crippen LogP contribution in [0, 0.1) is 11.8 Å². The largest absolute Gasteiger partial charge is 0.436 e. The first kappa shape index (κ1) is 22.2. The van der Waals surface area contributed by atoms with E-state index in [1.807, 2.05) is 27.7 Å². The monoisotopic (exact) mass is 449 g/mol. The summed E-state index contributed by atoms with van der Waals surface area (Å²) >= 11 is 12.7. The molecule has 0 N–H and O–H groups in total. The van der Waals surface area contributed by atoms with E-state index in [0.29, 0.717) is 17.0 Å². The average molecular weight is 450 g/mol. The Bertz CT molecular complexity index is 1000. The SMILES string of the molecule is CC(C)C1=CC(Oc2c(Cl)cc(N3N=C(C(C)C)C(=O)CC3=O)cc2Cl)=NCC1=O. The van der Waals surface area contributed by atoms with Crippen molar-refractivity contribution in [3.63, 3.8) is 0 Å². The third-order valence-electron chi connectivity index (χ3n) is 4.62. The number of hydrazone groups is 1. The van der Waals surface area contributed by atoms with Gasteiger partial charge in [0.1, 0.15) is 12.3 Å². The fourth-order valence-electron chi connectivity index (χ4n) is 3.08. The van der Waals surface area contributed by atoms with E-state index in [9.17, 15) is 14.4 Å². The zero-order chi connectivity index (χ0) is 22.2. The Morgan fingerprint density at radius 3 is 2.20 bits per heavy atom. The molecule has 0 aromatic heterocycles. The number of ketones is 2. The number of carbonyl (C=O) groups is 3. The van der Waals surface area contributed by atoms with E-state index in [4.69, 9.17) is 27.9 Å². The van der Waals surface area contributed by atoms with Gasteiger partial charge in [0.05, 0.1) is 22.2 Å². The van der Waals surface area contributed by atoms with Gasteiger partial charge in [-0.2, -0.15) is 10.1 Å². The molecule has 2 aliphatic rings. The number of halogens is 2. The van der Waals surface area contributed by atoms with E-state index in [0.717, 1.165) is 5.01 Å². The normalized spacial score (nSPS) is 17.4. The van der Waals surface area contributed by atoms with Crippen molar-refractivity contribution in [2.75, 3.05) is 11.6 Å². The van der Waals surface area contributed by atoms with E-state index < -0.39 is 5.91 Å². The molecule has 0 spiro atoms. The molecule has 0 saturated heterocycles. The number of Topliss-reactive ketones (excluding diaryl/α,β-unsaturated/α-hetero) is 2. The predicted octanol–water partition coefficient (Wildman–Crippen LogP) is 4.25. The van der Waals surface area contributed by atoms with Crippen molar-refractivity contribution in [2.24, 2.45) is 21.9 Å².